The van der Waals surface area contributed by atoms with Gasteiger partial charge < -0.3 is 10.2 Å². The third-order valence-electron chi connectivity index (χ3n) is 8.78. The molecule has 2 aliphatic rings. The Morgan fingerprint density at radius 1 is 0.773 bits per heavy atom. The predicted octanol–water partition coefficient (Wildman–Crippen LogP) is 5.69. The van der Waals surface area contributed by atoms with Crippen LogP contribution in [0, 0.1) is 0 Å². The Bertz CT molecular complexity index is 1850. The van der Waals surface area contributed by atoms with Crippen molar-refractivity contribution < 1.29 is 4.79 Å². The first-order valence-corrected chi connectivity index (χ1v) is 15.3. The fourth-order valence-electron chi connectivity index (χ4n) is 6.49. The molecule has 1 atom stereocenters. The summed E-state index contributed by atoms with van der Waals surface area (Å²) in [7, 11) is 0. The number of nitrogens with zero attached hydrogens (tertiary/aromatic N) is 5. The highest BCUT2D eigenvalue weighted by Gasteiger charge is 2.31. The maximum absolute atomic E-state index is 14.0. The highest BCUT2D eigenvalue weighted by Crippen LogP contribution is 2.38. The average Bonchev–Trinajstić information content (AvgIpc) is 3.62. The van der Waals surface area contributed by atoms with Crippen molar-refractivity contribution in [1.82, 2.24) is 19.2 Å². The molecule has 1 amide bonds. The number of anilines is 2. The number of nitrogens with one attached hydrogen (secondary N) is 1. The number of hydrogen-bond donors (Lipinski definition) is 1. The fourth-order valence-corrected chi connectivity index (χ4v) is 6.49. The van der Waals surface area contributed by atoms with E-state index in [1.54, 1.807) is 10.9 Å². The summed E-state index contributed by atoms with van der Waals surface area (Å²) in [6.45, 7) is 6.95. The normalized spacial score (nSPS) is 15.2. The Labute approximate surface area is 257 Å². The summed E-state index contributed by atoms with van der Waals surface area (Å²) in [6, 6.07) is 32.5. The van der Waals surface area contributed by atoms with Gasteiger partial charge in [-0.2, -0.15) is 5.10 Å². The number of hydrogen-bond acceptors (Lipinski definition) is 5. The summed E-state index contributed by atoms with van der Waals surface area (Å²) in [5, 5.41) is 7.48. The molecule has 1 N–H and O–H groups in total. The van der Waals surface area contributed by atoms with Crippen molar-refractivity contribution in [1.29, 1.82) is 0 Å². The van der Waals surface area contributed by atoms with Crippen molar-refractivity contribution in [3.8, 4) is 16.8 Å². The standard InChI is InChI=1S/C36H36N6O2/c1-25(2)42-36(44)41(24-37-42)31-16-14-30(15-17-31)39-18-20-40(21-19-39)34(26-8-4-3-5-9-26)35(43)38-29-13-12-28-22-27-10-6-7-11-32(27)33(28)23-29/h3-17,23-25,34H,18-22H2,1-2H3,(H,38,43). The summed E-state index contributed by atoms with van der Waals surface area (Å²) in [5.74, 6) is -0.0207. The molecule has 1 unspecified atom stereocenters. The summed E-state index contributed by atoms with van der Waals surface area (Å²) in [5.41, 5.74) is 8.63. The van der Waals surface area contributed by atoms with Crippen molar-refractivity contribution in [2.45, 2.75) is 32.4 Å². The van der Waals surface area contributed by atoms with E-state index in [9.17, 15) is 9.59 Å². The van der Waals surface area contributed by atoms with Crippen LogP contribution < -0.4 is 15.9 Å². The molecule has 1 aliphatic heterocycles. The van der Waals surface area contributed by atoms with E-state index < -0.39 is 6.04 Å². The van der Waals surface area contributed by atoms with Crippen LogP contribution in [0.4, 0.5) is 11.4 Å². The van der Waals surface area contributed by atoms with E-state index in [0.29, 0.717) is 0 Å². The summed E-state index contributed by atoms with van der Waals surface area (Å²) < 4.78 is 3.06. The van der Waals surface area contributed by atoms with Crippen LogP contribution >= 0.6 is 0 Å². The molecule has 7 rings (SSSR count). The minimum absolute atomic E-state index is 0.00649. The second-order valence-electron chi connectivity index (χ2n) is 11.9. The number of aromatic nitrogens is 3. The van der Waals surface area contributed by atoms with Crippen molar-refractivity contribution in [2.24, 2.45) is 0 Å². The van der Waals surface area contributed by atoms with Gasteiger partial charge in [0.2, 0.25) is 5.91 Å². The van der Waals surface area contributed by atoms with Crippen LogP contribution in [0.2, 0.25) is 0 Å². The Morgan fingerprint density at radius 3 is 2.18 bits per heavy atom. The van der Waals surface area contributed by atoms with Crippen molar-refractivity contribution in [3.63, 3.8) is 0 Å². The summed E-state index contributed by atoms with van der Waals surface area (Å²) >= 11 is 0. The van der Waals surface area contributed by atoms with Crippen LogP contribution in [0.3, 0.4) is 0 Å². The largest absolute Gasteiger partial charge is 0.369 e. The van der Waals surface area contributed by atoms with Gasteiger partial charge in [-0.25, -0.2) is 14.0 Å². The monoisotopic (exact) mass is 584 g/mol. The summed E-state index contributed by atoms with van der Waals surface area (Å²) in [6.07, 6.45) is 2.51. The molecular weight excluding hydrogens is 548 g/mol. The quantitative estimate of drug-likeness (QED) is 0.261. The zero-order chi connectivity index (χ0) is 30.2. The average molecular weight is 585 g/mol. The molecule has 8 nitrogen and oxygen atoms in total. The molecule has 5 aromatic rings. The molecule has 222 valence electrons. The zero-order valence-electron chi connectivity index (χ0n) is 25.1. The number of piperazine rings is 1. The molecule has 1 fully saturated rings. The third-order valence-corrected chi connectivity index (χ3v) is 8.78. The number of carbonyl (C=O) groups is 1. The van der Waals surface area contributed by atoms with E-state index in [0.717, 1.165) is 55.2 Å². The van der Waals surface area contributed by atoms with Crippen molar-refractivity contribution >= 4 is 17.3 Å². The predicted molar refractivity (Wildman–Crippen MR) is 174 cm³/mol. The molecule has 4 aromatic carbocycles. The third kappa shape index (κ3) is 5.22. The molecule has 44 heavy (non-hydrogen) atoms. The van der Waals surface area contributed by atoms with Gasteiger partial charge in [-0.3, -0.25) is 9.69 Å². The van der Waals surface area contributed by atoms with Crippen LogP contribution in [0.15, 0.2) is 108 Å². The molecule has 0 bridgehead atoms. The molecular formula is C36H36N6O2. The van der Waals surface area contributed by atoms with E-state index in [2.05, 4.69) is 68.7 Å². The first-order valence-electron chi connectivity index (χ1n) is 15.3. The second kappa shape index (κ2) is 11.6. The van der Waals surface area contributed by atoms with E-state index in [1.807, 2.05) is 62.4 Å². The molecule has 0 spiro atoms. The number of benzene rings is 4. The van der Waals surface area contributed by atoms with Crippen LogP contribution in [-0.4, -0.2) is 51.3 Å². The zero-order valence-corrected chi connectivity index (χ0v) is 25.1. The Morgan fingerprint density at radius 2 is 1.45 bits per heavy atom. The van der Waals surface area contributed by atoms with Crippen molar-refractivity contribution in [3.05, 3.63) is 131 Å². The van der Waals surface area contributed by atoms with Gasteiger partial charge in [-0.15, -0.1) is 0 Å². The maximum atomic E-state index is 14.0. The van der Waals surface area contributed by atoms with Crippen molar-refractivity contribution in [2.75, 3.05) is 36.4 Å². The van der Waals surface area contributed by atoms with E-state index in [4.69, 9.17) is 0 Å². The van der Waals surface area contributed by atoms with Gasteiger partial charge in [0, 0.05) is 37.6 Å². The van der Waals surface area contributed by atoms with E-state index in [-0.39, 0.29) is 17.6 Å². The van der Waals surface area contributed by atoms with Gasteiger partial charge in [-0.1, -0.05) is 60.7 Å². The van der Waals surface area contributed by atoms with Crippen LogP contribution in [-0.2, 0) is 11.2 Å². The molecule has 1 aromatic heterocycles. The minimum atomic E-state index is -0.398. The molecule has 8 heteroatoms. The number of amides is 1. The highest BCUT2D eigenvalue weighted by molar-refractivity contribution is 5.96. The lowest BCUT2D eigenvalue weighted by atomic mass is 10.0. The molecule has 1 saturated heterocycles. The Balaban J connectivity index is 1.06. The number of carbonyl (C=O) groups excluding carboxylic acids is 1. The van der Waals surface area contributed by atoms with Gasteiger partial charge in [0.05, 0.1) is 11.7 Å². The van der Waals surface area contributed by atoms with E-state index in [1.165, 1.54) is 26.9 Å². The first-order chi connectivity index (χ1) is 21.5. The van der Waals surface area contributed by atoms with Crippen LogP contribution in [0.25, 0.3) is 16.8 Å². The Hall–Kier alpha value is -4.95. The molecule has 2 heterocycles. The van der Waals surface area contributed by atoms with Gasteiger partial charge in [0.1, 0.15) is 12.4 Å². The van der Waals surface area contributed by atoms with Gasteiger partial charge in [0.15, 0.2) is 0 Å². The van der Waals surface area contributed by atoms with Gasteiger partial charge in [0.25, 0.3) is 0 Å². The number of rotatable bonds is 7. The molecule has 0 radical (unpaired) electrons. The topological polar surface area (TPSA) is 75.4 Å². The number of fused-ring (bicyclic) bond motifs is 3. The van der Waals surface area contributed by atoms with E-state index >= 15 is 0 Å². The minimum Gasteiger partial charge on any atom is -0.369 e. The fraction of sp³-hybridized carbons (Fsp3) is 0.250. The van der Waals surface area contributed by atoms with Gasteiger partial charge >= 0.3 is 5.69 Å². The lowest BCUT2D eigenvalue weighted by molar-refractivity contribution is -0.121. The Kier molecular flexibility index (Phi) is 7.36. The SMILES string of the molecule is CC(C)n1ncn(-c2ccc(N3CCN(C(C(=O)Nc4ccc5c(c4)-c4ccccc4C5)c4ccccc4)CC3)cc2)c1=O. The maximum Gasteiger partial charge on any atom is 0.350 e. The highest BCUT2D eigenvalue weighted by atomic mass is 16.2. The smallest absolute Gasteiger partial charge is 0.350 e. The lowest BCUT2D eigenvalue weighted by Gasteiger charge is -2.39. The first kappa shape index (κ1) is 27.9. The second-order valence-corrected chi connectivity index (χ2v) is 11.9. The molecule has 0 saturated carbocycles. The lowest BCUT2D eigenvalue weighted by Crippen LogP contribution is -2.50. The summed E-state index contributed by atoms with van der Waals surface area (Å²) in [4.78, 5) is 31.3. The molecule has 1 aliphatic carbocycles. The van der Waals surface area contributed by atoms with Crippen LogP contribution in [0.1, 0.15) is 42.6 Å². The van der Waals surface area contributed by atoms with Gasteiger partial charge in [-0.05, 0) is 84.5 Å². The van der Waals surface area contributed by atoms with Crippen LogP contribution in [0.5, 0.6) is 0 Å².